The van der Waals surface area contributed by atoms with Gasteiger partial charge in [-0.05, 0) is 41.3 Å². The average molecular weight is 337 g/mol. The fourth-order valence-electron chi connectivity index (χ4n) is 1.99. The SMILES string of the molecule is CC(C)(C)/C=C/C(=O)NCc1ccc(NC(=O)c2ccncc2)cc1. The molecule has 0 saturated heterocycles. The number of aromatic nitrogens is 1. The Bertz CT molecular complexity index is 745. The van der Waals surface area contributed by atoms with Crippen molar-refractivity contribution in [3.8, 4) is 0 Å². The lowest BCUT2D eigenvalue weighted by molar-refractivity contribution is -0.116. The van der Waals surface area contributed by atoms with Gasteiger partial charge in [-0.1, -0.05) is 39.0 Å². The third-order valence-corrected chi connectivity index (χ3v) is 3.36. The van der Waals surface area contributed by atoms with Gasteiger partial charge in [-0.15, -0.1) is 0 Å². The standard InChI is InChI=1S/C20H23N3O2/c1-20(2,3)11-8-18(24)22-14-15-4-6-17(7-5-15)23-19(25)16-9-12-21-13-10-16/h4-13H,14H2,1-3H3,(H,22,24)(H,23,25)/b11-8+. The van der Waals surface area contributed by atoms with E-state index in [4.69, 9.17) is 0 Å². The fourth-order valence-corrected chi connectivity index (χ4v) is 1.99. The van der Waals surface area contributed by atoms with E-state index in [0.29, 0.717) is 17.8 Å². The molecule has 0 aliphatic carbocycles. The molecule has 2 rings (SSSR count). The summed E-state index contributed by atoms with van der Waals surface area (Å²) in [5.74, 6) is -0.305. The van der Waals surface area contributed by atoms with Crippen molar-refractivity contribution >= 4 is 17.5 Å². The largest absolute Gasteiger partial charge is 0.348 e. The number of hydrogen-bond donors (Lipinski definition) is 2. The van der Waals surface area contributed by atoms with Crippen LogP contribution in [0.3, 0.4) is 0 Å². The van der Waals surface area contributed by atoms with Gasteiger partial charge in [0.15, 0.2) is 0 Å². The van der Waals surface area contributed by atoms with Crippen molar-refractivity contribution in [3.05, 3.63) is 72.1 Å². The molecule has 25 heavy (non-hydrogen) atoms. The molecule has 0 spiro atoms. The molecular weight excluding hydrogens is 314 g/mol. The molecule has 0 aliphatic heterocycles. The Kier molecular flexibility index (Phi) is 6.06. The summed E-state index contributed by atoms with van der Waals surface area (Å²) in [6.45, 7) is 6.55. The minimum Gasteiger partial charge on any atom is -0.348 e. The van der Waals surface area contributed by atoms with Gasteiger partial charge in [-0.2, -0.15) is 0 Å². The van der Waals surface area contributed by atoms with E-state index in [1.54, 1.807) is 30.6 Å². The quantitative estimate of drug-likeness (QED) is 0.820. The molecule has 1 aromatic carbocycles. The van der Waals surface area contributed by atoms with Crippen molar-refractivity contribution in [2.24, 2.45) is 5.41 Å². The summed E-state index contributed by atoms with van der Waals surface area (Å²) in [6, 6.07) is 10.7. The molecule has 0 atom stereocenters. The molecule has 0 fully saturated rings. The van der Waals surface area contributed by atoms with Crippen LogP contribution in [0.5, 0.6) is 0 Å². The van der Waals surface area contributed by atoms with Crippen molar-refractivity contribution in [1.29, 1.82) is 0 Å². The van der Waals surface area contributed by atoms with E-state index in [1.165, 1.54) is 0 Å². The Hall–Kier alpha value is -2.95. The second kappa shape index (κ2) is 8.24. The summed E-state index contributed by atoms with van der Waals surface area (Å²) in [7, 11) is 0. The highest BCUT2D eigenvalue weighted by molar-refractivity contribution is 6.04. The van der Waals surface area contributed by atoms with E-state index in [9.17, 15) is 9.59 Å². The first-order valence-corrected chi connectivity index (χ1v) is 8.11. The Morgan fingerprint density at radius 2 is 1.68 bits per heavy atom. The molecule has 5 heteroatoms. The van der Waals surface area contributed by atoms with Crippen molar-refractivity contribution in [3.63, 3.8) is 0 Å². The molecule has 2 N–H and O–H groups in total. The van der Waals surface area contributed by atoms with Gasteiger partial charge in [0.1, 0.15) is 0 Å². The van der Waals surface area contributed by atoms with Gasteiger partial charge in [-0.25, -0.2) is 0 Å². The predicted octanol–water partition coefficient (Wildman–Crippen LogP) is 3.55. The zero-order valence-electron chi connectivity index (χ0n) is 14.7. The average Bonchev–Trinajstić information content (AvgIpc) is 2.59. The van der Waals surface area contributed by atoms with Crippen LogP contribution < -0.4 is 10.6 Å². The molecule has 2 aromatic rings. The lowest BCUT2D eigenvalue weighted by atomic mass is 9.96. The van der Waals surface area contributed by atoms with E-state index in [2.05, 4.69) is 15.6 Å². The number of carbonyl (C=O) groups is 2. The highest BCUT2D eigenvalue weighted by Crippen LogP contribution is 2.14. The van der Waals surface area contributed by atoms with E-state index < -0.39 is 0 Å². The zero-order valence-corrected chi connectivity index (χ0v) is 14.7. The number of nitrogens with zero attached hydrogens (tertiary/aromatic N) is 1. The Labute approximate surface area is 148 Å². The summed E-state index contributed by atoms with van der Waals surface area (Å²) in [4.78, 5) is 27.7. The Morgan fingerprint density at radius 3 is 2.28 bits per heavy atom. The third-order valence-electron chi connectivity index (χ3n) is 3.36. The van der Waals surface area contributed by atoms with E-state index in [0.717, 1.165) is 5.56 Å². The number of carbonyl (C=O) groups excluding carboxylic acids is 2. The molecule has 0 saturated carbocycles. The first-order chi connectivity index (χ1) is 11.8. The van der Waals surface area contributed by atoms with Crippen LogP contribution >= 0.6 is 0 Å². The molecule has 2 amide bonds. The second-order valence-electron chi connectivity index (χ2n) is 6.80. The van der Waals surface area contributed by atoms with Crippen molar-refractivity contribution in [1.82, 2.24) is 10.3 Å². The van der Waals surface area contributed by atoms with Crippen LogP contribution in [0.25, 0.3) is 0 Å². The molecule has 0 radical (unpaired) electrons. The van der Waals surface area contributed by atoms with Crippen LogP contribution in [-0.2, 0) is 11.3 Å². The van der Waals surface area contributed by atoms with Crippen LogP contribution in [0.1, 0.15) is 36.7 Å². The first kappa shape index (κ1) is 18.4. The summed E-state index contributed by atoms with van der Waals surface area (Å²) in [5, 5.41) is 5.66. The molecule has 0 unspecified atom stereocenters. The maximum Gasteiger partial charge on any atom is 0.255 e. The summed E-state index contributed by atoms with van der Waals surface area (Å²) in [6.07, 6.45) is 6.59. The highest BCUT2D eigenvalue weighted by Gasteiger charge is 2.06. The number of pyridine rings is 1. The van der Waals surface area contributed by atoms with Crippen molar-refractivity contribution in [2.75, 3.05) is 5.32 Å². The van der Waals surface area contributed by atoms with Gasteiger partial charge in [0.25, 0.3) is 5.91 Å². The maximum absolute atomic E-state index is 12.1. The summed E-state index contributed by atoms with van der Waals surface area (Å²) >= 11 is 0. The highest BCUT2D eigenvalue weighted by atomic mass is 16.2. The van der Waals surface area contributed by atoms with Gasteiger partial charge in [0.2, 0.25) is 5.91 Å². The number of allylic oxidation sites excluding steroid dienone is 1. The molecule has 5 nitrogen and oxygen atoms in total. The number of benzene rings is 1. The lowest BCUT2D eigenvalue weighted by Crippen LogP contribution is -2.21. The van der Waals surface area contributed by atoms with Crippen LogP contribution in [0.15, 0.2) is 60.9 Å². The van der Waals surface area contributed by atoms with E-state index >= 15 is 0 Å². The van der Waals surface area contributed by atoms with Gasteiger partial charge >= 0.3 is 0 Å². The van der Waals surface area contributed by atoms with Crippen LogP contribution in [0.4, 0.5) is 5.69 Å². The number of nitrogens with one attached hydrogen (secondary N) is 2. The van der Waals surface area contributed by atoms with Gasteiger partial charge in [0.05, 0.1) is 0 Å². The minimum absolute atomic E-state index is 0.0218. The monoisotopic (exact) mass is 337 g/mol. The Morgan fingerprint density at radius 1 is 1.04 bits per heavy atom. The van der Waals surface area contributed by atoms with Gasteiger partial charge < -0.3 is 10.6 Å². The normalized spacial score (nSPS) is 11.3. The Balaban J connectivity index is 1.87. The van der Waals surface area contributed by atoms with Crippen LogP contribution in [-0.4, -0.2) is 16.8 Å². The lowest BCUT2D eigenvalue weighted by Gasteiger charge is -2.11. The smallest absolute Gasteiger partial charge is 0.255 e. The third kappa shape index (κ3) is 6.59. The number of amides is 2. The summed E-state index contributed by atoms with van der Waals surface area (Å²) in [5.41, 5.74) is 2.19. The topological polar surface area (TPSA) is 71.1 Å². The van der Waals surface area contributed by atoms with Crippen molar-refractivity contribution < 1.29 is 9.59 Å². The molecule has 1 aromatic heterocycles. The fraction of sp³-hybridized carbons (Fsp3) is 0.250. The zero-order chi connectivity index (χ0) is 18.3. The molecular formula is C20H23N3O2. The predicted molar refractivity (Wildman–Crippen MR) is 99.1 cm³/mol. The van der Waals surface area contributed by atoms with E-state index in [-0.39, 0.29) is 17.2 Å². The molecule has 1 heterocycles. The number of rotatable bonds is 5. The molecule has 130 valence electrons. The van der Waals surface area contributed by atoms with Crippen LogP contribution in [0, 0.1) is 5.41 Å². The van der Waals surface area contributed by atoms with Gasteiger partial charge in [0, 0.05) is 30.2 Å². The summed E-state index contributed by atoms with van der Waals surface area (Å²) < 4.78 is 0. The number of anilines is 1. The minimum atomic E-state index is -0.184. The number of hydrogen-bond acceptors (Lipinski definition) is 3. The second-order valence-corrected chi connectivity index (χ2v) is 6.80. The van der Waals surface area contributed by atoms with E-state index in [1.807, 2.05) is 51.1 Å². The molecule has 0 aliphatic rings. The van der Waals surface area contributed by atoms with Crippen LogP contribution in [0.2, 0.25) is 0 Å². The molecule has 0 bridgehead atoms. The van der Waals surface area contributed by atoms with Gasteiger partial charge in [-0.3, -0.25) is 14.6 Å². The first-order valence-electron chi connectivity index (χ1n) is 8.11. The maximum atomic E-state index is 12.1. The van der Waals surface area contributed by atoms with Crippen molar-refractivity contribution in [2.45, 2.75) is 27.3 Å².